The van der Waals surface area contributed by atoms with E-state index in [0.717, 1.165) is 0 Å². The Kier molecular flexibility index (Phi) is 3.62. The first-order chi connectivity index (χ1) is 8.61. The number of carbonyl (C=O) groups excluding carboxylic acids is 1. The van der Waals surface area contributed by atoms with E-state index in [1.54, 1.807) is 23.1 Å². The van der Waals surface area contributed by atoms with Gasteiger partial charge in [-0.2, -0.15) is 0 Å². The Morgan fingerprint density at radius 2 is 2.00 bits per heavy atom. The smallest absolute Gasteiger partial charge is 0.336 e. The molecular formula is C13H15NO4. The molecule has 1 atom stereocenters. The van der Waals surface area contributed by atoms with Gasteiger partial charge in [0.2, 0.25) is 0 Å². The number of morpholine rings is 1. The second kappa shape index (κ2) is 5.18. The normalized spacial score (nSPS) is 19.6. The third kappa shape index (κ3) is 2.36. The maximum Gasteiger partial charge on any atom is 0.336 e. The zero-order valence-electron chi connectivity index (χ0n) is 10.1. The van der Waals surface area contributed by atoms with E-state index in [-0.39, 0.29) is 23.1 Å². The van der Waals surface area contributed by atoms with E-state index in [4.69, 9.17) is 9.84 Å². The van der Waals surface area contributed by atoms with Gasteiger partial charge in [0.1, 0.15) is 0 Å². The van der Waals surface area contributed by atoms with Crippen molar-refractivity contribution in [3.63, 3.8) is 0 Å². The van der Waals surface area contributed by atoms with Gasteiger partial charge < -0.3 is 14.7 Å². The number of carbonyl (C=O) groups is 2. The van der Waals surface area contributed by atoms with Crippen LogP contribution in [0.25, 0.3) is 0 Å². The Labute approximate surface area is 105 Å². The molecule has 1 heterocycles. The van der Waals surface area contributed by atoms with Crippen LogP contribution >= 0.6 is 0 Å². The molecule has 96 valence electrons. The van der Waals surface area contributed by atoms with Crippen molar-refractivity contribution in [3.8, 4) is 0 Å². The fourth-order valence-corrected chi connectivity index (χ4v) is 2.04. The summed E-state index contributed by atoms with van der Waals surface area (Å²) in [7, 11) is 0. The summed E-state index contributed by atoms with van der Waals surface area (Å²) in [5.41, 5.74) is 0.278. The predicted molar refractivity (Wildman–Crippen MR) is 64.7 cm³/mol. The van der Waals surface area contributed by atoms with Gasteiger partial charge in [-0.3, -0.25) is 4.79 Å². The zero-order chi connectivity index (χ0) is 13.1. The molecule has 0 bridgehead atoms. The first kappa shape index (κ1) is 12.6. The number of hydrogen-bond donors (Lipinski definition) is 1. The Hall–Kier alpha value is -1.88. The molecule has 0 aromatic heterocycles. The molecule has 1 saturated heterocycles. The lowest BCUT2D eigenvalue weighted by molar-refractivity contribution is 0.00346. The number of carboxylic acid groups (broad SMARTS) is 1. The molecule has 1 fully saturated rings. The molecule has 0 radical (unpaired) electrons. The minimum absolute atomic E-state index is 0.0342. The molecule has 1 unspecified atom stereocenters. The lowest BCUT2D eigenvalue weighted by Crippen LogP contribution is -2.47. The average Bonchev–Trinajstić information content (AvgIpc) is 2.38. The Bertz CT molecular complexity index is 472. The number of amides is 1. The summed E-state index contributed by atoms with van der Waals surface area (Å²) in [6, 6.07) is 6.25. The van der Waals surface area contributed by atoms with Crippen LogP contribution < -0.4 is 0 Å². The summed E-state index contributed by atoms with van der Waals surface area (Å²) >= 11 is 0. The molecule has 1 aliphatic heterocycles. The van der Waals surface area contributed by atoms with Crippen LogP contribution in [0.3, 0.4) is 0 Å². The number of hydrogen-bond acceptors (Lipinski definition) is 3. The fraction of sp³-hybridized carbons (Fsp3) is 0.385. The van der Waals surface area contributed by atoms with Crippen molar-refractivity contribution < 1.29 is 19.4 Å². The molecule has 1 N–H and O–H groups in total. The molecule has 5 nitrogen and oxygen atoms in total. The predicted octanol–water partition coefficient (Wildman–Crippen LogP) is 1.25. The van der Waals surface area contributed by atoms with Gasteiger partial charge in [-0.05, 0) is 19.1 Å². The highest BCUT2D eigenvalue weighted by molar-refractivity contribution is 6.04. The lowest BCUT2D eigenvalue weighted by atomic mass is 10.1. The topological polar surface area (TPSA) is 66.8 Å². The minimum atomic E-state index is -1.08. The summed E-state index contributed by atoms with van der Waals surface area (Å²) in [5, 5.41) is 9.08. The quantitative estimate of drug-likeness (QED) is 0.856. The zero-order valence-corrected chi connectivity index (χ0v) is 10.1. The van der Waals surface area contributed by atoms with Crippen LogP contribution in [-0.4, -0.2) is 47.7 Å². The maximum absolute atomic E-state index is 12.3. The molecule has 5 heteroatoms. The maximum atomic E-state index is 12.3. The van der Waals surface area contributed by atoms with Crippen molar-refractivity contribution in [2.75, 3.05) is 19.8 Å². The van der Waals surface area contributed by atoms with Gasteiger partial charge in [0.25, 0.3) is 5.91 Å². The van der Waals surface area contributed by atoms with E-state index in [2.05, 4.69) is 0 Å². The van der Waals surface area contributed by atoms with Crippen molar-refractivity contribution in [1.29, 1.82) is 0 Å². The van der Waals surface area contributed by atoms with Gasteiger partial charge in [-0.25, -0.2) is 4.79 Å². The molecule has 1 aromatic rings. The van der Waals surface area contributed by atoms with E-state index in [1.165, 1.54) is 6.07 Å². The van der Waals surface area contributed by atoms with E-state index in [0.29, 0.717) is 19.8 Å². The molecule has 0 spiro atoms. The van der Waals surface area contributed by atoms with Crippen LogP contribution in [0.4, 0.5) is 0 Å². The van der Waals surface area contributed by atoms with Crippen molar-refractivity contribution in [3.05, 3.63) is 35.4 Å². The Morgan fingerprint density at radius 3 is 2.61 bits per heavy atom. The SMILES string of the molecule is CC1COCCN1C(=O)c1ccccc1C(=O)O. The van der Waals surface area contributed by atoms with Crippen LogP contribution in [0, 0.1) is 0 Å². The molecule has 18 heavy (non-hydrogen) atoms. The third-order valence-corrected chi connectivity index (χ3v) is 3.02. The molecular weight excluding hydrogens is 234 g/mol. The standard InChI is InChI=1S/C13H15NO4/c1-9-8-18-7-6-14(9)12(15)10-4-2-3-5-11(10)13(16)17/h2-5,9H,6-8H2,1H3,(H,16,17). The fourth-order valence-electron chi connectivity index (χ4n) is 2.04. The van der Waals surface area contributed by atoms with E-state index >= 15 is 0 Å². The van der Waals surface area contributed by atoms with Crippen LogP contribution in [-0.2, 0) is 4.74 Å². The van der Waals surface area contributed by atoms with Crippen molar-refractivity contribution in [2.24, 2.45) is 0 Å². The molecule has 0 aliphatic carbocycles. The summed E-state index contributed by atoms with van der Waals surface area (Å²) in [5.74, 6) is -1.33. The van der Waals surface area contributed by atoms with Gasteiger partial charge in [0.15, 0.2) is 0 Å². The Morgan fingerprint density at radius 1 is 1.33 bits per heavy atom. The molecule has 2 rings (SSSR count). The van der Waals surface area contributed by atoms with Gasteiger partial charge in [0.05, 0.1) is 30.4 Å². The number of benzene rings is 1. The highest BCUT2D eigenvalue weighted by Crippen LogP contribution is 2.16. The first-order valence-corrected chi connectivity index (χ1v) is 5.82. The van der Waals surface area contributed by atoms with E-state index < -0.39 is 5.97 Å². The van der Waals surface area contributed by atoms with Gasteiger partial charge >= 0.3 is 5.97 Å². The first-order valence-electron chi connectivity index (χ1n) is 5.82. The van der Waals surface area contributed by atoms with Crippen molar-refractivity contribution in [2.45, 2.75) is 13.0 Å². The van der Waals surface area contributed by atoms with E-state index in [1.807, 2.05) is 6.92 Å². The summed E-state index contributed by atoms with van der Waals surface area (Å²) in [6.07, 6.45) is 0. The minimum Gasteiger partial charge on any atom is -0.478 e. The lowest BCUT2D eigenvalue weighted by Gasteiger charge is -2.33. The van der Waals surface area contributed by atoms with Crippen LogP contribution in [0.15, 0.2) is 24.3 Å². The summed E-state index contributed by atoms with van der Waals surface area (Å²) < 4.78 is 5.27. The van der Waals surface area contributed by atoms with Crippen molar-refractivity contribution in [1.82, 2.24) is 4.90 Å². The van der Waals surface area contributed by atoms with Crippen molar-refractivity contribution >= 4 is 11.9 Å². The van der Waals surface area contributed by atoms with E-state index in [9.17, 15) is 9.59 Å². The average molecular weight is 249 g/mol. The number of aromatic carboxylic acids is 1. The largest absolute Gasteiger partial charge is 0.478 e. The van der Waals surface area contributed by atoms with Gasteiger partial charge in [0, 0.05) is 6.54 Å². The van der Waals surface area contributed by atoms with Crippen LogP contribution in [0.1, 0.15) is 27.6 Å². The second-order valence-corrected chi connectivity index (χ2v) is 4.27. The van der Waals surface area contributed by atoms with Crippen LogP contribution in [0.2, 0.25) is 0 Å². The molecule has 1 aromatic carbocycles. The summed E-state index contributed by atoms with van der Waals surface area (Å²) in [4.78, 5) is 25.1. The van der Waals surface area contributed by atoms with Crippen LogP contribution in [0.5, 0.6) is 0 Å². The number of nitrogens with zero attached hydrogens (tertiary/aromatic N) is 1. The number of rotatable bonds is 2. The monoisotopic (exact) mass is 249 g/mol. The number of carboxylic acids is 1. The van der Waals surface area contributed by atoms with Gasteiger partial charge in [-0.1, -0.05) is 12.1 Å². The second-order valence-electron chi connectivity index (χ2n) is 4.27. The Balaban J connectivity index is 2.30. The van der Waals surface area contributed by atoms with Gasteiger partial charge in [-0.15, -0.1) is 0 Å². The molecule has 1 amide bonds. The highest BCUT2D eigenvalue weighted by Gasteiger charge is 2.27. The summed E-state index contributed by atoms with van der Waals surface area (Å²) in [6.45, 7) is 3.36. The third-order valence-electron chi connectivity index (χ3n) is 3.02. The number of ether oxygens (including phenoxy) is 1. The highest BCUT2D eigenvalue weighted by atomic mass is 16.5. The molecule has 0 saturated carbocycles. The molecule has 1 aliphatic rings.